The van der Waals surface area contributed by atoms with E-state index in [2.05, 4.69) is 14.9 Å². The largest absolute Gasteiger partial charge is 0.382 e. The minimum atomic E-state index is -0.0374. The van der Waals surface area contributed by atoms with E-state index in [-0.39, 0.29) is 5.84 Å². The zero-order valence-corrected chi connectivity index (χ0v) is 9.94. The van der Waals surface area contributed by atoms with Crippen LogP contribution in [0.15, 0.2) is 12.3 Å². The van der Waals surface area contributed by atoms with Gasteiger partial charge in [0.1, 0.15) is 11.5 Å². The Morgan fingerprint density at radius 1 is 1.38 bits per heavy atom. The normalized spacial score (nSPS) is 10.5. The second-order valence-corrected chi connectivity index (χ2v) is 3.88. The Hall–Kier alpha value is -1.69. The lowest BCUT2D eigenvalue weighted by Crippen LogP contribution is -2.30. The van der Waals surface area contributed by atoms with E-state index in [4.69, 9.17) is 11.1 Å². The SMILES string of the molecule is CN(C)CCN(C)c1nccc(C(=N)N)n1. The van der Waals surface area contributed by atoms with Crippen molar-refractivity contribution in [1.82, 2.24) is 14.9 Å². The molecule has 6 nitrogen and oxygen atoms in total. The molecule has 0 fully saturated rings. The van der Waals surface area contributed by atoms with Crippen molar-refractivity contribution in [3.8, 4) is 0 Å². The summed E-state index contributed by atoms with van der Waals surface area (Å²) in [6.45, 7) is 1.75. The van der Waals surface area contributed by atoms with Crippen molar-refractivity contribution in [2.75, 3.05) is 39.1 Å². The summed E-state index contributed by atoms with van der Waals surface area (Å²) in [6.07, 6.45) is 1.62. The number of anilines is 1. The first-order valence-corrected chi connectivity index (χ1v) is 5.04. The van der Waals surface area contributed by atoms with Gasteiger partial charge in [-0.05, 0) is 20.2 Å². The molecular weight excluding hydrogens is 204 g/mol. The lowest BCUT2D eigenvalue weighted by atomic mass is 10.4. The van der Waals surface area contributed by atoms with Crippen molar-refractivity contribution in [3.05, 3.63) is 18.0 Å². The Balaban J connectivity index is 2.71. The lowest BCUT2D eigenvalue weighted by molar-refractivity contribution is 0.415. The van der Waals surface area contributed by atoms with Crippen molar-refractivity contribution in [1.29, 1.82) is 5.41 Å². The summed E-state index contributed by atoms with van der Waals surface area (Å²) in [4.78, 5) is 12.4. The van der Waals surface area contributed by atoms with Crippen molar-refractivity contribution < 1.29 is 0 Å². The highest BCUT2D eigenvalue weighted by Gasteiger charge is 2.06. The molecule has 0 radical (unpaired) electrons. The van der Waals surface area contributed by atoms with Gasteiger partial charge in [0.15, 0.2) is 0 Å². The number of amidine groups is 1. The fourth-order valence-corrected chi connectivity index (χ4v) is 1.13. The van der Waals surface area contributed by atoms with Gasteiger partial charge in [0.05, 0.1) is 0 Å². The maximum Gasteiger partial charge on any atom is 0.225 e. The van der Waals surface area contributed by atoms with Gasteiger partial charge in [-0.25, -0.2) is 9.97 Å². The molecule has 0 amide bonds. The summed E-state index contributed by atoms with van der Waals surface area (Å²) in [6, 6.07) is 1.63. The highest BCUT2D eigenvalue weighted by atomic mass is 15.2. The molecule has 0 atom stereocenters. The molecule has 0 aliphatic heterocycles. The number of hydrogen-bond acceptors (Lipinski definition) is 5. The molecule has 0 bridgehead atoms. The van der Waals surface area contributed by atoms with E-state index in [0.29, 0.717) is 11.6 Å². The Labute approximate surface area is 95.6 Å². The van der Waals surface area contributed by atoms with Crippen LogP contribution >= 0.6 is 0 Å². The minimum Gasteiger partial charge on any atom is -0.382 e. The maximum absolute atomic E-state index is 7.30. The summed E-state index contributed by atoms with van der Waals surface area (Å²) >= 11 is 0. The zero-order valence-electron chi connectivity index (χ0n) is 9.94. The molecule has 3 N–H and O–H groups in total. The first-order chi connectivity index (χ1) is 7.50. The van der Waals surface area contributed by atoms with Gasteiger partial charge >= 0.3 is 0 Å². The van der Waals surface area contributed by atoms with Crippen LogP contribution in [-0.4, -0.2) is 54.9 Å². The number of rotatable bonds is 5. The molecule has 0 unspecified atom stereocenters. The molecule has 0 aromatic carbocycles. The van der Waals surface area contributed by atoms with E-state index in [9.17, 15) is 0 Å². The van der Waals surface area contributed by atoms with Gasteiger partial charge in [-0.15, -0.1) is 0 Å². The van der Waals surface area contributed by atoms with Crippen LogP contribution in [-0.2, 0) is 0 Å². The third-order valence-electron chi connectivity index (χ3n) is 2.14. The molecule has 1 rings (SSSR count). The predicted molar refractivity (Wildman–Crippen MR) is 64.9 cm³/mol. The molecule has 6 heteroatoms. The second kappa shape index (κ2) is 5.41. The molecule has 0 aliphatic rings. The number of nitrogen functional groups attached to an aromatic ring is 1. The first kappa shape index (κ1) is 12.4. The van der Waals surface area contributed by atoms with Crippen molar-refractivity contribution >= 4 is 11.8 Å². The molecule has 88 valence electrons. The summed E-state index contributed by atoms with van der Waals surface area (Å²) in [5.41, 5.74) is 5.83. The zero-order chi connectivity index (χ0) is 12.1. The molecule has 1 heterocycles. The highest BCUT2D eigenvalue weighted by Crippen LogP contribution is 2.04. The van der Waals surface area contributed by atoms with Crippen LogP contribution in [0.4, 0.5) is 5.95 Å². The van der Waals surface area contributed by atoms with Crippen molar-refractivity contribution in [2.45, 2.75) is 0 Å². The van der Waals surface area contributed by atoms with E-state index >= 15 is 0 Å². The van der Waals surface area contributed by atoms with E-state index in [1.165, 1.54) is 0 Å². The van der Waals surface area contributed by atoms with Gasteiger partial charge in [0.2, 0.25) is 5.95 Å². The fraction of sp³-hybridized carbons (Fsp3) is 0.500. The number of likely N-dealkylation sites (N-methyl/N-ethyl adjacent to an activating group) is 2. The molecule has 0 saturated carbocycles. The first-order valence-electron chi connectivity index (χ1n) is 5.04. The van der Waals surface area contributed by atoms with Crippen LogP contribution in [0.3, 0.4) is 0 Å². The molecule has 0 spiro atoms. The topological polar surface area (TPSA) is 82.1 Å². The molecule has 0 saturated heterocycles. The third kappa shape index (κ3) is 3.47. The lowest BCUT2D eigenvalue weighted by Gasteiger charge is -2.19. The van der Waals surface area contributed by atoms with Crippen molar-refractivity contribution in [3.63, 3.8) is 0 Å². The van der Waals surface area contributed by atoms with E-state index in [1.54, 1.807) is 12.3 Å². The van der Waals surface area contributed by atoms with Gasteiger partial charge in [0, 0.05) is 26.3 Å². The smallest absolute Gasteiger partial charge is 0.225 e. The van der Waals surface area contributed by atoms with E-state index < -0.39 is 0 Å². The number of nitrogens with two attached hydrogens (primary N) is 1. The number of aromatic nitrogens is 2. The van der Waals surface area contributed by atoms with Gasteiger partial charge in [0.25, 0.3) is 0 Å². The van der Waals surface area contributed by atoms with Crippen LogP contribution < -0.4 is 10.6 Å². The second-order valence-electron chi connectivity index (χ2n) is 3.88. The fourth-order valence-electron chi connectivity index (χ4n) is 1.13. The molecule has 16 heavy (non-hydrogen) atoms. The van der Waals surface area contributed by atoms with E-state index in [1.807, 2.05) is 26.0 Å². The standard InChI is InChI=1S/C10H18N6/c1-15(2)6-7-16(3)10-13-5-4-8(14-10)9(11)12/h4-5H,6-7H2,1-3H3,(H3,11,12). The van der Waals surface area contributed by atoms with Gasteiger partial charge in [-0.1, -0.05) is 0 Å². The van der Waals surface area contributed by atoms with Crippen molar-refractivity contribution in [2.24, 2.45) is 5.73 Å². The predicted octanol–water partition coefficient (Wildman–Crippen LogP) is -0.242. The van der Waals surface area contributed by atoms with Crippen LogP contribution in [0, 0.1) is 5.41 Å². The Morgan fingerprint density at radius 3 is 2.62 bits per heavy atom. The summed E-state index contributed by atoms with van der Waals surface area (Å²) < 4.78 is 0. The number of hydrogen-bond donors (Lipinski definition) is 2. The van der Waals surface area contributed by atoms with E-state index in [0.717, 1.165) is 13.1 Å². The molecule has 1 aromatic rings. The summed E-state index contributed by atoms with van der Waals surface area (Å²) in [5, 5.41) is 7.30. The van der Waals surface area contributed by atoms with Crippen LogP contribution in [0.25, 0.3) is 0 Å². The minimum absolute atomic E-state index is 0.0374. The number of nitrogens with zero attached hydrogens (tertiary/aromatic N) is 4. The van der Waals surface area contributed by atoms with Gasteiger partial charge in [-0.3, -0.25) is 5.41 Å². The van der Waals surface area contributed by atoms with Crippen LogP contribution in [0.2, 0.25) is 0 Å². The van der Waals surface area contributed by atoms with Gasteiger partial charge in [-0.2, -0.15) is 0 Å². The Bertz CT molecular complexity index is 362. The number of nitrogens with one attached hydrogen (secondary N) is 1. The molecular formula is C10H18N6. The van der Waals surface area contributed by atoms with Crippen LogP contribution in [0.5, 0.6) is 0 Å². The molecule has 0 aliphatic carbocycles. The Morgan fingerprint density at radius 2 is 2.06 bits per heavy atom. The average molecular weight is 222 g/mol. The highest BCUT2D eigenvalue weighted by molar-refractivity contribution is 5.93. The monoisotopic (exact) mass is 222 g/mol. The van der Waals surface area contributed by atoms with Gasteiger partial charge < -0.3 is 15.5 Å². The average Bonchev–Trinajstić information content (AvgIpc) is 2.26. The third-order valence-corrected chi connectivity index (χ3v) is 2.14. The quantitative estimate of drug-likeness (QED) is 0.530. The van der Waals surface area contributed by atoms with Crippen LogP contribution in [0.1, 0.15) is 5.69 Å². The summed E-state index contributed by atoms with van der Waals surface area (Å²) in [7, 11) is 5.95. The Kier molecular flexibility index (Phi) is 4.19. The molecule has 1 aromatic heterocycles. The maximum atomic E-state index is 7.30. The summed E-state index contributed by atoms with van der Waals surface area (Å²) in [5.74, 6) is 0.555.